The van der Waals surface area contributed by atoms with E-state index >= 15 is 0 Å². The van der Waals surface area contributed by atoms with Crippen LogP contribution in [0.5, 0.6) is 0 Å². The molecule has 0 spiro atoms. The van der Waals surface area contributed by atoms with Crippen molar-refractivity contribution in [1.82, 2.24) is 10.9 Å². The average Bonchev–Trinajstić information content (AvgIpc) is 2.57. The highest BCUT2D eigenvalue weighted by Crippen LogP contribution is 2.04. The van der Waals surface area contributed by atoms with Crippen molar-refractivity contribution in [3.05, 3.63) is 41.7 Å². The lowest BCUT2D eigenvalue weighted by molar-refractivity contribution is -0.914. The molecule has 1 aliphatic rings. The molecule has 2 rings (SSSR count). The SMILES string of the molecule is C[C@H]1C[NH+](CCC(=O)NNC(=O)/C=C/c2ccc(F)cc2)C[C@H](C)O1. The summed E-state index contributed by atoms with van der Waals surface area (Å²) in [7, 11) is 0. The first kappa shape index (κ1) is 19.1. The standard InChI is InChI=1S/C18H24FN3O3/c1-13-11-22(12-14(2)25-13)10-9-18(24)21-20-17(23)8-5-15-3-6-16(19)7-4-15/h3-8,13-14H,9-12H2,1-2H3,(H,20,23)(H,21,24)/p+1/b8-5+/t13-,14-/m0/s1. The van der Waals surface area contributed by atoms with Crippen molar-refractivity contribution in [2.45, 2.75) is 32.5 Å². The van der Waals surface area contributed by atoms with Gasteiger partial charge in [0.25, 0.3) is 5.91 Å². The highest BCUT2D eigenvalue weighted by atomic mass is 19.1. The van der Waals surface area contributed by atoms with Gasteiger partial charge in [-0.2, -0.15) is 0 Å². The van der Waals surface area contributed by atoms with Gasteiger partial charge in [-0.15, -0.1) is 0 Å². The molecule has 0 aliphatic carbocycles. The van der Waals surface area contributed by atoms with E-state index in [1.54, 1.807) is 18.2 Å². The number of carbonyl (C=O) groups excluding carboxylic acids is 2. The van der Waals surface area contributed by atoms with Crippen LogP contribution in [0.2, 0.25) is 0 Å². The number of hydrogen-bond donors (Lipinski definition) is 3. The number of carbonyl (C=O) groups is 2. The van der Waals surface area contributed by atoms with E-state index in [1.807, 2.05) is 13.8 Å². The summed E-state index contributed by atoms with van der Waals surface area (Å²) < 4.78 is 18.5. The van der Waals surface area contributed by atoms with Crippen LogP contribution in [-0.4, -0.2) is 43.7 Å². The molecule has 2 amide bonds. The van der Waals surface area contributed by atoms with Gasteiger partial charge in [0.1, 0.15) is 31.1 Å². The molecule has 0 unspecified atom stereocenters. The second kappa shape index (κ2) is 9.29. The largest absolute Gasteiger partial charge is 0.364 e. The second-order valence-electron chi connectivity index (χ2n) is 6.34. The van der Waals surface area contributed by atoms with Crippen LogP contribution in [0.4, 0.5) is 4.39 Å². The van der Waals surface area contributed by atoms with E-state index in [0.717, 1.165) is 13.1 Å². The minimum atomic E-state index is -0.446. The quantitative estimate of drug-likeness (QED) is 0.520. The fourth-order valence-electron chi connectivity index (χ4n) is 2.86. The van der Waals surface area contributed by atoms with E-state index in [9.17, 15) is 14.0 Å². The Morgan fingerprint density at radius 3 is 2.48 bits per heavy atom. The Labute approximate surface area is 147 Å². The number of amides is 2. The molecule has 0 bridgehead atoms. The van der Waals surface area contributed by atoms with Crippen molar-refractivity contribution >= 4 is 17.9 Å². The number of hydrogen-bond acceptors (Lipinski definition) is 3. The Balaban J connectivity index is 1.67. The van der Waals surface area contributed by atoms with Gasteiger partial charge in [-0.05, 0) is 37.6 Å². The maximum Gasteiger partial charge on any atom is 0.262 e. The molecule has 2 atom stereocenters. The molecule has 1 fully saturated rings. The van der Waals surface area contributed by atoms with Crippen molar-refractivity contribution in [3.8, 4) is 0 Å². The van der Waals surface area contributed by atoms with Crippen LogP contribution < -0.4 is 15.8 Å². The molecular formula is C18H25FN3O3+. The number of ether oxygens (including phenoxy) is 1. The molecule has 136 valence electrons. The molecule has 0 radical (unpaired) electrons. The fourth-order valence-corrected chi connectivity index (χ4v) is 2.86. The van der Waals surface area contributed by atoms with Crippen LogP contribution in [0.25, 0.3) is 6.08 Å². The maximum absolute atomic E-state index is 12.8. The molecule has 3 N–H and O–H groups in total. The van der Waals surface area contributed by atoms with E-state index in [4.69, 9.17) is 4.74 Å². The van der Waals surface area contributed by atoms with Gasteiger partial charge in [-0.25, -0.2) is 4.39 Å². The molecule has 1 heterocycles. The summed E-state index contributed by atoms with van der Waals surface area (Å²) >= 11 is 0. The van der Waals surface area contributed by atoms with Gasteiger partial charge in [0.15, 0.2) is 0 Å². The first-order chi connectivity index (χ1) is 11.9. The van der Waals surface area contributed by atoms with E-state index in [1.165, 1.54) is 23.1 Å². The number of hydrazine groups is 1. The summed E-state index contributed by atoms with van der Waals surface area (Å²) in [5.41, 5.74) is 5.43. The third-order valence-electron chi connectivity index (χ3n) is 3.94. The van der Waals surface area contributed by atoms with Crippen LogP contribution in [-0.2, 0) is 14.3 Å². The van der Waals surface area contributed by atoms with Crippen molar-refractivity contribution < 1.29 is 23.6 Å². The topological polar surface area (TPSA) is 71.9 Å². The lowest BCUT2D eigenvalue weighted by Crippen LogP contribution is -3.15. The van der Waals surface area contributed by atoms with Gasteiger partial charge in [-0.1, -0.05) is 12.1 Å². The first-order valence-corrected chi connectivity index (χ1v) is 8.44. The summed E-state index contributed by atoms with van der Waals surface area (Å²) in [6, 6.07) is 5.75. The van der Waals surface area contributed by atoms with E-state index in [2.05, 4.69) is 10.9 Å². The van der Waals surface area contributed by atoms with Crippen LogP contribution in [0.3, 0.4) is 0 Å². The number of morpholine rings is 1. The molecule has 1 aromatic rings. The minimum Gasteiger partial charge on any atom is -0.364 e. The Bertz CT molecular complexity index is 608. The Morgan fingerprint density at radius 2 is 1.84 bits per heavy atom. The Kier molecular flexibility index (Phi) is 7.09. The van der Waals surface area contributed by atoms with Crippen LogP contribution in [0.15, 0.2) is 30.3 Å². The van der Waals surface area contributed by atoms with Crippen molar-refractivity contribution in [3.63, 3.8) is 0 Å². The van der Waals surface area contributed by atoms with Crippen molar-refractivity contribution in [2.75, 3.05) is 19.6 Å². The third-order valence-corrected chi connectivity index (χ3v) is 3.94. The molecule has 7 heteroatoms. The summed E-state index contributed by atoms with van der Waals surface area (Å²) in [6.45, 7) is 6.52. The zero-order valence-electron chi connectivity index (χ0n) is 14.5. The lowest BCUT2D eigenvalue weighted by atomic mass is 10.2. The van der Waals surface area contributed by atoms with Crippen LogP contribution in [0, 0.1) is 5.82 Å². The summed E-state index contributed by atoms with van der Waals surface area (Å²) in [4.78, 5) is 24.8. The van der Waals surface area contributed by atoms with E-state index < -0.39 is 5.91 Å². The molecule has 0 aromatic heterocycles. The molecule has 1 saturated heterocycles. The smallest absolute Gasteiger partial charge is 0.262 e. The Morgan fingerprint density at radius 1 is 1.20 bits per heavy atom. The zero-order valence-corrected chi connectivity index (χ0v) is 14.5. The number of rotatable bonds is 5. The lowest BCUT2D eigenvalue weighted by Gasteiger charge is -2.32. The average molecular weight is 350 g/mol. The van der Waals surface area contributed by atoms with Crippen LogP contribution >= 0.6 is 0 Å². The van der Waals surface area contributed by atoms with E-state index in [-0.39, 0.29) is 23.9 Å². The maximum atomic E-state index is 12.8. The van der Waals surface area contributed by atoms with Gasteiger partial charge in [-0.3, -0.25) is 20.4 Å². The number of halogens is 1. The fraction of sp³-hybridized carbons (Fsp3) is 0.444. The summed E-state index contributed by atoms with van der Waals surface area (Å²) in [6.07, 6.45) is 3.54. The van der Waals surface area contributed by atoms with Crippen molar-refractivity contribution in [1.29, 1.82) is 0 Å². The number of quaternary nitrogens is 1. The molecule has 25 heavy (non-hydrogen) atoms. The predicted octanol–water partition coefficient (Wildman–Crippen LogP) is 0.0685. The molecule has 6 nitrogen and oxygen atoms in total. The molecule has 1 aliphatic heterocycles. The second-order valence-corrected chi connectivity index (χ2v) is 6.34. The summed E-state index contributed by atoms with van der Waals surface area (Å²) in [5, 5.41) is 0. The highest BCUT2D eigenvalue weighted by Gasteiger charge is 2.25. The predicted molar refractivity (Wildman–Crippen MR) is 91.9 cm³/mol. The van der Waals surface area contributed by atoms with Crippen LogP contribution in [0.1, 0.15) is 25.8 Å². The first-order valence-electron chi connectivity index (χ1n) is 8.44. The molecule has 0 saturated carbocycles. The normalized spacial score (nSPS) is 23.4. The summed E-state index contributed by atoms with van der Waals surface area (Å²) in [5.74, 6) is -1.01. The molecule has 1 aromatic carbocycles. The monoisotopic (exact) mass is 350 g/mol. The zero-order chi connectivity index (χ0) is 18.2. The van der Waals surface area contributed by atoms with Gasteiger partial charge in [0, 0.05) is 6.08 Å². The number of benzene rings is 1. The Hall–Kier alpha value is -2.25. The minimum absolute atomic E-state index is 0.193. The van der Waals surface area contributed by atoms with Gasteiger partial charge >= 0.3 is 0 Å². The molecular weight excluding hydrogens is 325 g/mol. The van der Waals surface area contributed by atoms with E-state index in [0.29, 0.717) is 18.5 Å². The van der Waals surface area contributed by atoms with Gasteiger partial charge < -0.3 is 9.64 Å². The van der Waals surface area contributed by atoms with Crippen molar-refractivity contribution in [2.24, 2.45) is 0 Å². The third kappa shape index (κ3) is 7.03. The van der Waals surface area contributed by atoms with Gasteiger partial charge in [0.2, 0.25) is 5.91 Å². The number of nitrogens with one attached hydrogen (secondary N) is 3. The van der Waals surface area contributed by atoms with Gasteiger partial charge in [0.05, 0.1) is 13.0 Å². The highest BCUT2D eigenvalue weighted by molar-refractivity contribution is 5.93.